The van der Waals surface area contributed by atoms with E-state index in [9.17, 15) is 0 Å². The van der Waals surface area contributed by atoms with Crippen molar-refractivity contribution in [3.63, 3.8) is 0 Å². The molecule has 0 aromatic carbocycles. The predicted molar refractivity (Wildman–Crippen MR) is 59.6 cm³/mol. The van der Waals surface area contributed by atoms with Gasteiger partial charge in [-0.05, 0) is 6.92 Å². The maximum atomic E-state index is 3.72. The summed E-state index contributed by atoms with van der Waals surface area (Å²) in [5.41, 5.74) is 2.38. The molecule has 12 heavy (non-hydrogen) atoms. The zero-order valence-electron chi connectivity index (χ0n) is 7.72. The minimum absolute atomic E-state index is 0.884. The number of hydrogen-bond donors (Lipinski definition) is 0. The summed E-state index contributed by atoms with van der Waals surface area (Å²) in [4.78, 5) is 0. The Morgan fingerprint density at radius 3 is 2.00 bits per heavy atom. The molecule has 0 N–H and O–H groups in total. The van der Waals surface area contributed by atoms with Gasteiger partial charge < -0.3 is 0 Å². The molecule has 0 heterocycles. The molecule has 0 aliphatic heterocycles. The molecule has 0 atom stereocenters. The van der Waals surface area contributed by atoms with Crippen molar-refractivity contribution in [2.24, 2.45) is 0 Å². The Balaban J connectivity index is 4.39. The monoisotopic (exact) mass is 158 g/mol. The first-order valence-electron chi connectivity index (χ1n) is 4.00. The standard InChI is InChI=1S/C11H15B/c1-5-9-11(8-4)12-10(6-2)7-3/h5-9,12H,1-2,4H2,3H3/b10-7+,11-9+. The molecule has 0 saturated carbocycles. The van der Waals surface area contributed by atoms with Gasteiger partial charge in [0.15, 0.2) is 7.28 Å². The summed E-state index contributed by atoms with van der Waals surface area (Å²) in [6, 6.07) is 0. The highest BCUT2D eigenvalue weighted by molar-refractivity contribution is 6.55. The van der Waals surface area contributed by atoms with Gasteiger partial charge in [0.25, 0.3) is 0 Å². The molecular formula is C11H15B. The highest BCUT2D eigenvalue weighted by atomic mass is 13.8. The highest BCUT2D eigenvalue weighted by Gasteiger charge is 1.96. The fourth-order valence-electron chi connectivity index (χ4n) is 0.878. The molecule has 0 aliphatic carbocycles. The third-order valence-electron chi connectivity index (χ3n) is 1.64. The number of rotatable bonds is 5. The van der Waals surface area contributed by atoms with Gasteiger partial charge in [-0.25, -0.2) is 0 Å². The van der Waals surface area contributed by atoms with Crippen LogP contribution in [0.2, 0.25) is 0 Å². The van der Waals surface area contributed by atoms with Crippen LogP contribution in [0.3, 0.4) is 0 Å². The minimum Gasteiger partial charge on any atom is -0.0996 e. The van der Waals surface area contributed by atoms with Crippen molar-refractivity contribution in [1.82, 2.24) is 0 Å². The lowest BCUT2D eigenvalue weighted by Crippen LogP contribution is -1.96. The van der Waals surface area contributed by atoms with Crippen molar-refractivity contribution in [1.29, 1.82) is 0 Å². The molecule has 0 fully saturated rings. The topological polar surface area (TPSA) is 0 Å². The average Bonchev–Trinajstić information content (AvgIpc) is 2.12. The van der Waals surface area contributed by atoms with E-state index in [0.717, 1.165) is 12.8 Å². The van der Waals surface area contributed by atoms with Crippen molar-refractivity contribution < 1.29 is 0 Å². The first-order chi connectivity index (χ1) is 5.78. The Kier molecular flexibility index (Phi) is 5.81. The van der Waals surface area contributed by atoms with Crippen LogP contribution in [0.5, 0.6) is 0 Å². The van der Waals surface area contributed by atoms with Crippen LogP contribution in [-0.4, -0.2) is 7.28 Å². The summed E-state index contributed by atoms with van der Waals surface area (Å²) in [7, 11) is 0.884. The third-order valence-corrected chi connectivity index (χ3v) is 1.64. The molecule has 0 aromatic rings. The van der Waals surface area contributed by atoms with E-state index < -0.39 is 0 Å². The van der Waals surface area contributed by atoms with Gasteiger partial charge >= 0.3 is 0 Å². The molecule has 0 radical (unpaired) electrons. The molecule has 0 bridgehead atoms. The fourth-order valence-corrected chi connectivity index (χ4v) is 0.878. The highest BCUT2D eigenvalue weighted by Crippen LogP contribution is 2.02. The molecule has 0 amide bonds. The van der Waals surface area contributed by atoms with E-state index in [0.29, 0.717) is 0 Å². The first-order valence-corrected chi connectivity index (χ1v) is 4.00. The summed E-state index contributed by atoms with van der Waals surface area (Å²) in [5.74, 6) is 0. The normalized spacial score (nSPS) is 12.1. The first kappa shape index (κ1) is 10.8. The van der Waals surface area contributed by atoms with Gasteiger partial charge in [-0.15, -0.1) is 0 Å². The fraction of sp³-hybridized carbons (Fsp3) is 0.0909. The molecule has 0 unspecified atom stereocenters. The van der Waals surface area contributed by atoms with Crippen LogP contribution in [0.4, 0.5) is 0 Å². The van der Waals surface area contributed by atoms with Crippen LogP contribution in [0.25, 0.3) is 0 Å². The van der Waals surface area contributed by atoms with Gasteiger partial charge in [0.05, 0.1) is 0 Å². The van der Waals surface area contributed by atoms with Crippen LogP contribution >= 0.6 is 0 Å². The number of allylic oxidation sites excluding steroid dienone is 7. The summed E-state index contributed by atoms with van der Waals surface area (Å²) in [6.07, 6.45) is 9.48. The minimum atomic E-state index is 0.884. The van der Waals surface area contributed by atoms with E-state index in [2.05, 4.69) is 19.7 Å². The molecule has 62 valence electrons. The summed E-state index contributed by atoms with van der Waals surface area (Å²) < 4.78 is 0. The SMILES string of the molecule is C=C/C=C(/B/C(C=C)=C/C)C=C. The molecule has 0 nitrogen and oxygen atoms in total. The maximum Gasteiger partial charge on any atom is 0.191 e. The van der Waals surface area contributed by atoms with Gasteiger partial charge in [-0.3, -0.25) is 0 Å². The van der Waals surface area contributed by atoms with Crippen LogP contribution in [0.15, 0.2) is 61.1 Å². The largest absolute Gasteiger partial charge is 0.191 e. The van der Waals surface area contributed by atoms with E-state index in [1.807, 2.05) is 31.2 Å². The Morgan fingerprint density at radius 2 is 1.67 bits per heavy atom. The molecular weight excluding hydrogens is 143 g/mol. The van der Waals surface area contributed by atoms with Crippen molar-refractivity contribution in [2.45, 2.75) is 6.92 Å². The Labute approximate surface area is 75.9 Å². The van der Waals surface area contributed by atoms with Gasteiger partial charge in [0, 0.05) is 0 Å². The maximum absolute atomic E-state index is 3.72. The molecule has 0 aliphatic rings. The summed E-state index contributed by atoms with van der Waals surface area (Å²) in [5, 5.41) is 0. The van der Waals surface area contributed by atoms with Gasteiger partial charge in [0.1, 0.15) is 0 Å². The van der Waals surface area contributed by atoms with Gasteiger partial charge in [-0.1, -0.05) is 61.1 Å². The zero-order valence-corrected chi connectivity index (χ0v) is 7.72. The van der Waals surface area contributed by atoms with Crippen molar-refractivity contribution >= 4 is 7.28 Å². The molecule has 0 saturated heterocycles. The van der Waals surface area contributed by atoms with Crippen LogP contribution in [0, 0.1) is 0 Å². The Morgan fingerprint density at radius 1 is 1.08 bits per heavy atom. The van der Waals surface area contributed by atoms with Crippen LogP contribution in [-0.2, 0) is 0 Å². The second-order valence-electron chi connectivity index (χ2n) is 2.43. The molecule has 0 spiro atoms. The zero-order chi connectivity index (χ0) is 9.40. The van der Waals surface area contributed by atoms with Gasteiger partial charge in [-0.2, -0.15) is 0 Å². The molecule has 1 heteroatoms. The molecule has 0 rings (SSSR count). The van der Waals surface area contributed by atoms with E-state index in [-0.39, 0.29) is 0 Å². The lowest BCUT2D eigenvalue weighted by molar-refractivity contribution is 1.69. The summed E-state index contributed by atoms with van der Waals surface area (Å²) >= 11 is 0. The number of hydrogen-bond acceptors (Lipinski definition) is 0. The van der Waals surface area contributed by atoms with E-state index >= 15 is 0 Å². The van der Waals surface area contributed by atoms with Gasteiger partial charge in [0.2, 0.25) is 0 Å². The van der Waals surface area contributed by atoms with Crippen LogP contribution < -0.4 is 0 Å². The van der Waals surface area contributed by atoms with Crippen molar-refractivity contribution in [2.75, 3.05) is 0 Å². The van der Waals surface area contributed by atoms with E-state index in [4.69, 9.17) is 0 Å². The third kappa shape index (κ3) is 3.82. The summed E-state index contributed by atoms with van der Waals surface area (Å²) in [6.45, 7) is 13.1. The lowest BCUT2D eigenvalue weighted by atomic mass is 9.62. The van der Waals surface area contributed by atoms with Crippen LogP contribution in [0.1, 0.15) is 6.92 Å². The lowest BCUT2D eigenvalue weighted by Gasteiger charge is -1.98. The Bertz CT molecular complexity index is 231. The van der Waals surface area contributed by atoms with Crippen molar-refractivity contribution in [3.05, 3.63) is 61.1 Å². The second kappa shape index (κ2) is 6.47. The Hall–Kier alpha value is -1.24. The average molecular weight is 158 g/mol. The predicted octanol–water partition coefficient (Wildman–Crippen LogP) is 2.77. The smallest absolute Gasteiger partial charge is 0.0996 e. The quantitative estimate of drug-likeness (QED) is 0.426. The molecule has 0 aromatic heterocycles. The van der Waals surface area contributed by atoms with E-state index in [1.54, 1.807) is 6.08 Å². The van der Waals surface area contributed by atoms with E-state index in [1.165, 1.54) is 5.47 Å². The second-order valence-corrected chi connectivity index (χ2v) is 2.43. The van der Waals surface area contributed by atoms with Crippen molar-refractivity contribution in [3.8, 4) is 0 Å².